The molecule has 3 N–H and O–H groups in total. The Morgan fingerprint density at radius 2 is 0.651 bits per heavy atom. The molecular weight excluding hydrogens is 1140 g/mol. The maximum Gasteiger partial charge on any atom is 0.472 e. The standard InChI is InChI=1S/C67H126O17P2/c1-7-11-13-15-16-17-18-19-20-21-22-27-33-39-45-51-66(71)84-63(56-78-65(70)50-44-38-32-26-24-23-25-30-36-41-47-59(5)9-3)58-82-86(75,76)80-54-61(68)53-79-85(73,74)81-57-62(55-77-64(69)49-43-35-14-12-8-2)83-67(72)52-46-40-34-29-28-31-37-42-48-60(6)10-4/h17-20,59-63,68H,7-16,21-58H2,1-6H3,(H,73,74)(H,75,76)/b18-17-,20-19-/t59?,60?,61-,62+,63+/m0/s1. The summed E-state index contributed by atoms with van der Waals surface area (Å²) in [6, 6.07) is 0. The Morgan fingerprint density at radius 3 is 0.988 bits per heavy atom. The van der Waals surface area contributed by atoms with Crippen LogP contribution in [0.5, 0.6) is 0 Å². The van der Waals surface area contributed by atoms with Crippen LogP contribution in [0.2, 0.25) is 0 Å². The summed E-state index contributed by atoms with van der Waals surface area (Å²) in [7, 11) is -9.90. The number of esters is 4. The third-order valence-corrected chi connectivity index (χ3v) is 17.5. The smallest absolute Gasteiger partial charge is 0.462 e. The highest BCUT2D eigenvalue weighted by molar-refractivity contribution is 7.47. The van der Waals surface area contributed by atoms with Gasteiger partial charge in [-0.15, -0.1) is 0 Å². The molecule has 0 spiro atoms. The molecule has 4 unspecified atom stereocenters. The molecule has 0 aromatic rings. The van der Waals surface area contributed by atoms with Crippen molar-refractivity contribution in [1.29, 1.82) is 0 Å². The zero-order valence-electron chi connectivity index (χ0n) is 55.1. The van der Waals surface area contributed by atoms with Crippen molar-refractivity contribution in [2.75, 3.05) is 39.6 Å². The van der Waals surface area contributed by atoms with Crippen molar-refractivity contribution in [2.24, 2.45) is 11.8 Å². The van der Waals surface area contributed by atoms with Gasteiger partial charge in [0, 0.05) is 25.7 Å². The van der Waals surface area contributed by atoms with E-state index in [1.54, 1.807) is 0 Å². The second kappa shape index (κ2) is 58.9. The first-order valence-corrected chi connectivity index (χ1v) is 37.4. The van der Waals surface area contributed by atoms with Gasteiger partial charge in [-0.25, -0.2) is 9.13 Å². The largest absolute Gasteiger partial charge is 0.472 e. The molecule has 0 saturated carbocycles. The van der Waals surface area contributed by atoms with Gasteiger partial charge in [-0.2, -0.15) is 0 Å². The van der Waals surface area contributed by atoms with Crippen LogP contribution in [0.15, 0.2) is 24.3 Å². The molecule has 0 amide bonds. The number of phosphoric acid groups is 2. The summed E-state index contributed by atoms with van der Waals surface area (Å²) in [5, 5.41) is 10.5. The Hall–Kier alpha value is -2.46. The van der Waals surface area contributed by atoms with Gasteiger partial charge in [-0.3, -0.25) is 37.3 Å². The number of aliphatic hydroxyl groups excluding tert-OH is 1. The van der Waals surface area contributed by atoms with E-state index in [9.17, 15) is 43.2 Å². The van der Waals surface area contributed by atoms with Crippen LogP contribution >= 0.6 is 15.6 Å². The number of rotatable bonds is 64. The molecule has 0 fully saturated rings. The number of phosphoric ester groups is 2. The topological polar surface area (TPSA) is 237 Å². The molecule has 0 radical (unpaired) electrons. The number of unbranched alkanes of at least 4 members (excludes halogenated alkanes) is 29. The summed E-state index contributed by atoms with van der Waals surface area (Å²) in [4.78, 5) is 72.1. The average Bonchev–Trinajstić information content (AvgIpc) is 3.56. The Kier molecular flexibility index (Phi) is 57.2. The van der Waals surface area contributed by atoms with Gasteiger partial charge in [0.25, 0.3) is 0 Å². The van der Waals surface area contributed by atoms with E-state index in [-0.39, 0.29) is 25.7 Å². The average molecular weight is 1270 g/mol. The van der Waals surface area contributed by atoms with Crippen LogP contribution in [0.1, 0.15) is 311 Å². The second-order valence-corrected chi connectivity index (χ2v) is 26.9. The van der Waals surface area contributed by atoms with Crippen LogP contribution in [0, 0.1) is 11.8 Å². The fraction of sp³-hybridized carbons (Fsp3) is 0.881. The zero-order valence-corrected chi connectivity index (χ0v) is 56.9. The summed E-state index contributed by atoms with van der Waals surface area (Å²) in [5.41, 5.74) is 0. The van der Waals surface area contributed by atoms with E-state index in [0.717, 1.165) is 121 Å². The molecule has 0 heterocycles. The maximum absolute atomic E-state index is 13.0. The van der Waals surface area contributed by atoms with Crippen molar-refractivity contribution in [3.63, 3.8) is 0 Å². The van der Waals surface area contributed by atoms with Crippen molar-refractivity contribution in [3.8, 4) is 0 Å². The van der Waals surface area contributed by atoms with Gasteiger partial charge in [0.15, 0.2) is 12.2 Å². The lowest BCUT2D eigenvalue weighted by atomic mass is 9.99. The Balaban J connectivity index is 5.23. The molecule has 0 rings (SSSR count). The predicted octanol–water partition coefficient (Wildman–Crippen LogP) is 18.4. The predicted molar refractivity (Wildman–Crippen MR) is 344 cm³/mol. The molecule has 0 aliphatic rings. The van der Waals surface area contributed by atoms with E-state index in [1.807, 2.05) is 0 Å². The maximum atomic E-state index is 13.0. The molecule has 0 aliphatic carbocycles. The monoisotopic (exact) mass is 1260 g/mol. The first-order chi connectivity index (χ1) is 41.4. The van der Waals surface area contributed by atoms with Crippen LogP contribution in [-0.2, 0) is 65.4 Å². The lowest BCUT2D eigenvalue weighted by Gasteiger charge is -2.21. The van der Waals surface area contributed by atoms with Gasteiger partial charge < -0.3 is 33.8 Å². The quantitative estimate of drug-likeness (QED) is 0.0169. The number of allylic oxidation sites excluding steroid dienone is 4. The SMILES string of the molecule is CCCCCC/C=C\C=C/CCCCCCCC(=O)O[C@H](COC(=O)CCCCCCCCCCCCC(C)CC)COP(=O)(O)OC[C@@H](O)COP(=O)(O)OC[C@@H](COC(=O)CCCCCCC)OC(=O)CCCCCCCCCCC(C)CC. The molecule has 506 valence electrons. The molecule has 17 nitrogen and oxygen atoms in total. The van der Waals surface area contributed by atoms with E-state index >= 15 is 0 Å². The van der Waals surface area contributed by atoms with Crippen molar-refractivity contribution in [3.05, 3.63) is 24.3 Å². The molecule has 19 heteroatoms. The third-order valence-electron chi connectivity index (χ3n) is 15.6. The molecule has 0 bridgehead atoms. The minimum absolute atomic E-state index is 0.0845. The minimum Gasteiger partial charge on any atom is -0.462 e. The number of carbonyl (C=O) groups is 4. The number of hydrogen-bond acceptors (Lipinski definition) is 15. The Bertz CT molecular complexity index is 1780. The van der Waals surface area contributed by atoms with Gasteiger partial charge in [0.2, 0.25) is 0 Å². The summed E-state index contributed by atoms with van der Waals surface area (Å²) in [6.45, 7) is 9.38. The minimum atomic E-state index is -4.96. The van der Waals surface area contributed by atoms with Crippen molar-refractivity contribution >= 4 is 39.5 Å². The van der Waals surface area contributed by atoms with Gasteiger partial charge in [0.05, 0.1) is 26.4 Å². The molecule has 0 saturated heterocycles. The first-order valence-electron chi connectivity index (χ1n) is 34.4. The van der Waals surface area contributed by atoms with Gasteiger partial charge >= 0.3 is 39.5 Å². The number of ether oxygens (including phenoxy) is 4. The van der Waals surface area contributed by atoms with E-state index in [0.29, 0.717) is 25.7 Å². The summed E-state index contributed by atoms with van der Waals surface area (Å²) in [6.07, 6.45) is 45.5. The molecule has 86 heavy (non-hydrogen) atoms. The molecule has 0 aromatic heterocycles. The van der Waals surface area contributed by atoms with E-state index in [2.05, 4.69) is 65.8 Å². The van der Waals surface area contributed by atoms with Gasteiger partial charge in [0.1, 0.15) is 19.3 Å². The normalized spacial score (nSPS) is 15.0. The fourth-order valence-electron chi connectivity index (χ4n) is 9.46. The van der Waals surface area contributed by atoms with E-state index in [4.69, 9.17) is 37.0 Å². The second-order valence-electron chi connectivity index (χ2n) is 24.0. The number of carbonyl (C=O) groups excluding carboxylic acids is 4. The van der Waals surface area contributed by atoms with Crippen LogP contribution in [0.4, 0.5) is 0 Å². The summed E-state index contributed by atoms with van der Waals surface area (Å²) < 4.78 is 67.9. The Labute approximate surface area is 522 Å². The Morgan fingerprint density at radius 1 is 0.372 bits per heavy atom. The van der Waals surface area contributed by atoms with Crippen molar-refractivity contribution in [1.82, 2.24) is 0 Å². The lowest BCUT2D eigenvalue weighted by molar-refractivity contribution is -0.161. The van der Waals surface area contributed by atoms with Gasteiger partial charge in [-0.1, -0.05) is 258 Å². The van der Waals surface area contributed by atoms with Crippen LogP contribution in [-0.4, -0.2) is 96.7 Å². The lowest BCUT2D eigenvalue weighted by Crippen LogP contribution is -2.30. The number of hydrogen-bond donors (Lipinski definition) is 3. The summed E-state index contributed by atoms with van der Waals surface area (Å²) in [5.74, 6) is -0.596. The molecule has 7 atom stereocenters. The highest BCUT2D eigenvalue weighted by Crippen LogP contribution is 2.45. The fourth-order valence-corrected chi connectivity index (χ4v) is 11.0. The third kappa shape index (κ3) is 57.9. The van der Waals surface area contributed by atoms with Crippen molar-refractivity contribution < 1.29 is 80.2 Å². The van der Waals surface area contributed by atoms with Crippen molar-refractivity contribution in [2.45, 2.75) is 330 Å². The molecule has 0 aromatic carbocycles. The number of aliphatic hydroxyl groups is 1. The zero-order chi connectivity index (χ0) is 63.6. The van der Waals surface area contributed by atoms with E-state index in [1.165, 1.54) is 109 Å². The van der Waals surface area contributed by atoms with Gasteiger partial charge in [-0.05, 0) is 63.2 Å². The summed E-state index contributed by atoms with van der Waals surface area (Å²) >= 11 is 0. The molecular formula is C67H126O17P2. The van der Waals surface area contributed by atoms with Crippen LogP contribution < -0.4 is 0 Å². The highest BCUT2D eigenvalue weighted by atomic mass is 31.2. The van der Waals surface area contributed by atoms with Crippen LogP contribution in [0.3, 0.4) is 0 Å². The first kappa shape index (κ1) is 83.5. The van der Waals surface area contributed by atoms with E-state index < -0.39 is 97.5 Å². The molecule has 0 aliphatic heterocycles. The highest BCUT2D eigenvalue weighted by Gasteiger charge is 2.30. The van der Waals surface area contributed by atoms with Crippen LogP contribution in [0.25, 0.3) is 0 Å².